The van der Waals surface area contributed by atoms with Crippen molar-refractivity contribution in [3.05, 3.63) is 98.9 Å². The van der Waals surface area contributed by atoms with Gasteiger partial charge in [0.2, 0.25) is 0 Å². The number of rotatable bonds is 3. The number of benzene rings is 3. The minimum Gasteiger partial charge on any atom is -0.505 e. The number of fused-ring (bicyclic) bond motifs is 3. The average molecular weight is 469 g/mol. The molecular weight excluding hydrogens is 450 g/mol. The van der Waals surface area contributed by atoms with E-state index < -0.39 is 0 Å². The van der Waals surface area contributed by atoms with Gasteiger partial charge in [0.25, 0.3) is 5.91 Å². The molecule has 1 aromatic heterocycles. The van der Waals surface area contributed by atoms with Crippen LogP contribution in [0.5, 0.6) is 5.75 Å². The van der Waals surface area contributed by atoms with E-state index in [0.717, 1.165) is 23.2 Å². The molecule has 3 aromatic carbocycles. The van der Waals surface area contributed by atoms with E-state index in [2.05, 4.69) is 16.7 Å². The highest BCUT2D eigenvalue weighted by Crippen LogP contribution is 2.35. The molecule has 5 rings (SSSR count). The second-order valence-corrected chi connectivity index (χ2v) is 8.73. The third kappa shape index (κ3) is 3.61. The van der Waals surface area contributed by atoms with E-state index in [1.807, 2.05) is 12.1 Å². The number of carbonyl (C=O) groups excluding carboxylic acids is 1. The summed E-state index contributed by atoms with van der Waals surface area (Å²) in [6.07, 6.45) is 0.720. The van der Waals surface area contributed by atoms with Crippen molar-refractivity contribution in [3.8, 4) is 5.75 Å². The van der Waals surface area contributed by atoms with Crippen molar-refractivity contribution in [1.82, 2.24) is 9.47 Å². The summed E-state index contributed by atoms with van der Waals surface area (Å²) in [5.41, 5.74) is 4.70. The summed E-state index contributed by atoms with van der Waals surface area (Å²) in [5, 5.41) is 11.1. The van der Waals surface area contributed by atoms with Crippen molar-refractivity contribution < 1.29 is 14.3 Å². The third-order valence-electron chi connectivity index (χ3n) is 5.97. The van der Waals surface area contributed by atoms with Gasteiger partial charge in [-0.2, -0.15) is 0 Å². The molecule has 4 aromatic rings. The van der Waals surface area contributed by atoms with Gasteiger partial charge in [0.15, 0.2) is 5.75 Å². The Bertz CT molecular complexity index is 1330. The van der Waals surface area contributed by atoms with Gasteiger partial charge in [-0.05, 0) is 47.9 Å². The van der Waals surface area contributed by atoms with E-state index in [0.29, 0.717) is 25.2 Å². The molecule has 0 saturated carbocycles. The minimum absolute atomic E-state index is 0.0453. The lowest BCUT2D eigenvalue weighted by atomic mass is 10.0. The van der Waals surface area contributed by atoms with Crippen LogP contribution in [0.15, 0.2) is 60.7 Å². The predicted molar refractivity (Wildman–Crippen MR) is 124 cm³/mol. The Hall–Kier alpha value is -3.02. The van der Waals surface area contributed by atoms with Crippen molar-refractivity contribution >= 4 is 40.0 Å². The Morgan fingerprint density at radius 3 is 2.44 bits per heavy atom. The number of carbonyl (C=O) groups is 1. The van der Waals surface area contributed by atoms with Crippen LogP contribution in [0.4, 0.5) is 4.39 Å². The van der Waals surface area contributed by atoms with Crippen LogP contribution >= 0.6 is 23.2 Å². The number of phenolic OH excluding ortho intramolecular Hbond substituents is 1. The monoisotopic (exact) mass is 468 g/mol. The molecule has 0 unspecified atom stereocenters. The fourth-order valence-electron chi connectivity index (χ4n) is 4.39. The van der Waals surface area contributed by atoms with Crippen molar-refractivity contribution in [3.63, 3.8) is 0 Å². The molecule has 0 atom stereocenters. The van der Waals surface area contributed by atoms with Gasteiger partial charge in [0.05, 0.1) is 16.6 Å². The van der Waals surface area contributed by atoms with Gasteiger partial charge in [-0.1, -0.05) is 53.5 Å². The smallest absolute Gasteiger partial charge is 0.254 e. The Morgan fingerprint density at radius 2 is 1.72 bits per heavy atom. The van der Waals surface area contributed by atoms with Gasteiger partial charge in [-0.25, -0.2) is 4.39 Å². The molecule has 0 aliphatic carbocycles. The topological polar surface area (TPSA) is 45.5 Å². The summed E-state index contributed by atoms with van der Waals surface area (Å²) in [7, 11) is 0. The molecule has 0 saturated heterocycles. The van der Waals surface area contributed by atoms with Crippen molar-refractivity contribution in [1.29, 1.82) is 0 Å². The van der Waals surface area contributed by atoms with E-state index in [1.165, 1.54) is 35.2 Å². The van der Waals surface area contributed by atoms with E-state index in [-0.39, 0.29) is 27.5 Å². The largest absolute Gasteiger partial charge is 0.505 e. The number of para-hydroxylation sites is 1. The first-order chi connectivity index (χ1) is 15.4. The third-order valence-corrected chi connectivity index (χ3v) is 6.55. The van der Waals surface area contributed by atoms with Gasteiger partial charge in [-0.15, -0.1) is 0 Å². The number of amides is 1. The van der Waals surface area contributed by atoms with Crippen LogP contribution < -0.4 is 0 Å². The zero-order valence-corrected chi connectivity index (χ0v) is 18.5. The lowest BCUT2D eigenvalue weighted by molar-refractivity contribution is 0.0730. The first-order valence-electron chi connectivity index (χ1n) is 10.2. The number of hydrogen-bond donors (Lipinski definition) is 1. The van der Waals surface area contributed by atoms with Gasteiger partial charge >= 0.3 is 0 Å². The summed E-state index contributed by atoms with van der Waals surface area (Å²) < 4.78 is 15.6. The highest BCUT2D eigenvalue weighted by atomic mass is 35.5. The quantitative estimate of drug-likeness (QED) is 0.398. The number of aromatic nitrogens is 1. The Kier molecular flexibility index (Phi) is 5.31. The molecule has 0 bridgehead atoms. The summed E-state index contributed by atoms with van der Waals surface area (Å²) in [5.74, 6) is -0.695. The number of aromatic hydroxyl groups is 1. The molecule has 7 heteroatoms. The van der Waals surface area contributed by atoms with E-state index >= 15 is 0 Å². The fourth-order valence-corrected chi connectivity index (χ4v) is 4.88. The SMILES string of the molecule is O=C(c1cc(Cl)c(O)c(Cl)c1)N1CCc2c(n(Cc3ccc(F)cc3)c3ccccc23)C1. The molecule has 4 nitrogen and oxygen atoms in total. The van der Waals surface area contributed by atoms with Crippen molar-refractivity contribution in [2.24, 2.45) is 0 Å². The maximum Gasteiger partial charge on any atom is 0.254 e. The molecule has 0 radical (unpaired) electrons. The second-order valence-electron chi connectivity index (χ2n) is 7.92. The van der Waals surface area contributed by atoms with E-state index in [1.54, 1.807) is 17.0 Å². The molecule has 0 spiro atoms. The zero-order chi connectivity index (χ0) is 22.4. The summed E-state index contributed by atoms with van der Waals surface area (Å²) in [6.45, 7) is 1.57. The molecule has 2 heterocycles. The summed E-state index contributed by atoms with van der Waals surface area (Å²) in [4.78, 5) is 15.0. The number of halogens is 3. The van der Waals surface area contributed by atoms with Crippen LogP contribution in [0.2, 0.25) is 10.0 Å². The molecule has 32 heavy (non-hydrogen) atoms. The van der Waals surface area contributed by atoms with Crippen LogP contribution in [0.25, 0.3) is 10.9 Å². The highest BCUT2D eigenvalue weighted by Gasteiger charge is 2.28. The van der Waals surface area contributed by atoms with Gasteiger partial charge in [-0.3, -0.25) is 4.79 Å². The predicted octanol–water partition coefficient (Wildman–Crippen LogP) is 6.04. The second kappa shape index (κ2) is 8.15. The molecule has 162 valence electrons. The van der Waals surface area contributed by atoms with Crippen LogP contribution in [-0.4, -0.2) is 27.0 Å². The maximum absolute atomic E-state index is 13.4. The average Bonchev–Trinajstić information content (AvgIpc) is 3.11. The van der Waals surface area contributed by atoms with Gasteiger partial charge < -0.3 is 14.6 Å². The normalized spacial score (nSPS) is 13.4. The maximum atomic E-state index is 13.4. The summed E-state index contributed by atoms with van der Waals surface area (Å²) >= 11 is 12.1. The fraction of sp³-hybridized carbons (Fsp3) is 0.160. The first-order valence-corrected chi connectivity index (χ1v) is 11.0. The van der Waals surface area contributed by atoms with E-state index in [9.17, 15) is 14.3 Å². The lowest BCUT2D eigenvalue weighted by Gasteiger charge is -2.29. The van der Waals surface area contributed by atoms with Crippen LogP contribution in [0.1, 0.15) is 27.2 Å². The first kappa shape index (κ1) is 20.9. The molecule has 1 aliphatic heterocycles. The molecule has 1 amide bonds. The van der Waals surface area contributed by atoms with E-state index in [4.69, 9.17) is 23.2 Å². The molecule has 1 aliphatic rings. The number of hydrogen-bond acceptors (Lipinski definition) is 2. The highest BCUT2D eigenvalue weighted by molar-refractivity contribution is 6.37. The van der Waals surface area contributed by atoms with Gasteiger partial charge in [0.1, 0.15) is 5.82 Å². The number of phenols is 1. The minimum atomic E-state index is -0.267. The Morgan fingerprint density at radius 1 is 1.03 bits per heavy atom. The number of nitrogens with zero attached hydrogens (tertiary/aromatic N) is 2. The van der Waals surface area contributed by atoms with Gasteiger partial charge in [0, 0.05) is 35.2 Å². The zero-order valence-electron chi connectivity index (χ0n) is 17.0. The van der Waals surface area contributed by atoms with Crippen LogP contribution in [0, 0.1) is 5.82 Å². The standard InChI is InChI=1S/C25H19Cl2FN2O2/c26-20-11-16(12-21(27)24(20)31)25(32)29-10-9-19-18-3-1-2-4-22(18)30(23(19)14-29)13-15-5-7-17(28)8-6-15/h1-8,11-12,31H,9-10,13-14H2. The molecule has 0 fully saturated rings. The molecular formula is C25H19Cl2FN2O2. The lowest BCUT2D eigenvalue weighted by Crippen LogP contribution is -2.36. The molecule has 1 N–H and O–H groups in total. The van der Waals surface area contributed by atoms with Crippen LogP contribution in [0.3, 0.4) is 0 Å². The Labute approximate surface area is 194 Å². The van der Waals surface area contributed by atoms with Crippen LogP contribution in [-0.2, 0) is 19.5 Å². The van der Waals surface area contributed by atoms with Crippen molar-refractivity contribution in [2.75, 3.05) is 6.54 Å². The summed E-state index contributed by atoms with van der Waals surface area (Å²) in [6, 6.07) is 17.5. The van der Waals surface area contributed by atoms with Crippen molar-refractivity contribution in [2.45, 2.75) is 19.5 Å². The Balaban J connectivity index is 1.53.